The summed E-state index contributed by atoms with van der Waals surface area (Å²) in [5.74, 6) is -1.05. The molecule has 1 aliphatic rings. The summed E-state index contributed by atoms with van der Waals surface area (Å²) in [5.41, 5.74) is 11.2. The number of hydrogen-bond donors (Lipinski definition) is 3. The quantitative estimate of drug-likeness (QED) is 0.313. The van der Waals surface area contributed by atoms with Crippen LogP contribution in [0.25, 0.3) is 21.8 Å². The van der Waals surface area contributed by atoms with Crippen molar-refractivity contribution in [3.63, 3.8) is 0 Å². The molecule has 3 heterocycles. The maximum atomic E-state index is 13.4. The molecule has 6 rings (SSSR count). The highest BCUT2D eigenvalue weighted by Crippen LogP contribution is 2.42. The number of nitrogens with zero attached hydrogens (tertiary/aromatic N) is 2. The Bertz CT molecular complexity index is 1730. The first-order chi connectivity index (χ1) is 18.4. The van der Waals surface area contributed by atoms with E-state index in [1.807, 2.05) is 91.2 Å². The summed E-state index contributed by atoms with van der Waals surface area (Å²) < 4.78 is 1.90. The molecule has 38 heavy (non-hydrogen) atoms. The predicted octanol–water partition coefficient (Wildman–Crippen LogP) is 4.13. The van der Waals surface area contributed by atoms with Gasteiger partial charge in [-0.25, -0.2) is 0 Å². The lowest BCUT2D eigenvalue weighted by Crippen LogP contribution is -2.48. The number of aromatic amines is 1. The number of amides is 3. The Morgan fingerprint density at radius 2 is 1.55 bits per heavy atom. The Morgan fingerprint density at radius 1 is 0.868 bits per heavy atom. The molecule has 0 fully saturated rings. The monoisotopic (exact) mass is 505 g/mol. The number of benzene rings is 3. The van der Waals surface area contributed by atoms with E-state index in [4.69, 9.17) is 0 Å². The van der Waals surface area contributed by atoms with Crippen LogP contribution in [0, 0.1) is 13.8 Å². The number of hydrogen-bond acceptors (Lipinski definition) is 3. The van der Waals surface area contributed by atoms with Crippen LogP contribution < -0.4 is 10.9 Å². The average Bonchev–Trinajstić information content (AvgIpc) is 3.51. The summed E-state index contributed by atoms with van der Waals surface area (Å²) in [6, 6.07) is 24.8. The number of para-hydroxylation sites is 2. The first-order valence-electron chi connectivity index (χ1n) is 12.5. The second kappa shape index (κ2) is 9.23. The predicted molar refractivity (Wildman–Crippen MR) is 145 cm³/mol. The Labute approximate surface area is 219 Å². The van der Waals surface area contributed by atoms with Crippen LogP contribution in [0.5, 0.6) is 0 Å². The molecule has 0 saturated carbocycles. The molecule has 3 aromatic carbocycles. The number of nitrogens with one attached hydrogen (secondary N) is 3. The van der Waals surface area contributed by atoms with E-state index in [0.717, 1.165) is 44.3 Å². The molecule has 0 aliphatic carbocycles. The van der Waals surface area contributed by atoms with Gasteiger partial charge in [-0.15, -0.1) is 0 Å². The summed E-state index contributed by atoms with van der Waals surface area (Å²) in [4.78, 5) is 44.1. The van der Waals surface area contributed by atoms with Crippen molar-refractivity contribution < 1.29 is 14.4 Å². The Kier molecular flexibility index (Phi) is 5.72. The lowest BCUT2D eigenvalue weighted by atomic mass is 9.95. The smallest absolute Gasteiger partial charge is 0.258 e. The molecule has 0 saturated heterocycles. The summed E-state index contributed by atoms with van der Waals surface area (Å²) in [6.07, 6.45) is 0. The van der Waals surface area contributed by atoms with Crippen LogP contribution in [0.4, 0.5) is 0 Å². The van der Waals surface area contributed by atoms with Crippen molar-refractivity contribution in [2.75, 3.05) is 6.54 Å². The molecule has 0 radical (unpaired) electrons. The highest BCUT2D eigenvalue weighted by atomic mass is 16.2. The van der Waals surface area contributed by atoms with Crippen molar-refractivity contribution in [2.24, 2.45) is 0 Å². The largest absolute Gasteiger partial charge is 0.358 e. The molecule has 1 atom stereocenters. The van der Waals surface area contributed by atoms with Crippen LogP contribution in [0.15, 0.2) is 78.9 Å². The third-order valence-electron chi connectivity index (χ3n) is 7.25. The third kappa shape index (κ3) is 3.91. The van der Waals surface area contributed by atoms with Gasteiger partial charge in [0.15, 0.2) is 0 Å². The Hall–Kier alpha value is -4.85. The summed E-state index contributed by atoms with van der Waals surface area (Å²) in [5, 5.41) is 2.06. The molecular formula is C30H27N5O3. The number of carbonyl (C=O) groups is 3. The van der Waals surface area contributed by atoms with E-state index in [0.29, 0.717) is 5.56 Å². The minimum absolute atomic E-state index is 0.0604. The van der Waals surface area contributed by atoms with Crippen LogP contribution >= 0.6 is 0 Å². The number of rotatable bonds is 5. The second-order valence-electron chi connectivity index (χ2n) is 9.66. The molecule has 5 aromatic rings. The minimum Gasteiger partial charge on any atom is -0.358 e. The molecule has 8 heteroatoms. The van der Waals surface area contributed by atoms with Crippen LogP contribution in [-0.4, -0.2) is 38.7 Å². The zero-order chi connectivity index (χ0) is 26.4. The standard InChI is InChI=1S/C30H27N5O3/c1-18-15-20-9-3-8-14-25(20)34(18)16-26(36)32-33-27(37)17-35-29(21-10-4-5-11-22(21)30(35)38)28-19(2)31-24-13-7-6-12-23(24)28/h3-15,29,31H,16-17H2,1-2H3,(H,32,36)(H,33,37). The highest BCUT2D eigenvalue weighted by molar-refractivity contribution is 6.02. The SMILES string of the molecule is Cc1[nH]c2ccccc2c1C1c2ccccc2C(=O)N1CC(=O)NNC(=O)Cn1c(C)cc2ccccc21. The van der Waals surface area contributed by atoms with E-state index in [-0.39, 0.29) is 24.9 Å². The van der Waals surface area contributed by atoms with Gasteiger partial charge in [0.05, 0.1) is 6.04 Å². The second-order valence-corrected chi connectivity index (χ2v) is 9.66. The van der Waals surface area contributed by atoms with Crippen molar-refractivity contribution in [2.45, 2.75) is 26.4 Å². The summed E-state index contributed by atoms with van der Waals surface area (Å²) in [6.45, 7) is 3.77. The normalized spacial score (nSPS) is 14.7. The molecule has 1 aliphatic heterocycles. The average molecular weight is 506 g/mol. The number of aromatic nitrogens is 2. The first-order valence-corrected chi connectivity index (χ1v) is 12.5. The van der Waals surface area contributed by atoms with Gasteiger partial charge < -0.3 is 14.5 Å². The van der Waals surface area contributed by atoms with Crippen molar-refractivity contribution in [3.05, 3.63) is 107 Å². The maximum Gasteiger partial charge on any atom is 0.258 e. The summed E-state index contributed by atoms with van der Waals surface area (Å²) in [7, 11) is 0. The minimum atomic E-state index is -0.476. The molecule has 8 nitrogen and oxygen atoms in total. The third-order valence-corrected chi connectivity index (χ3v) is 7.25. The maximum absolute atomic E-state index is 13.4. The van der Waals surface area contributed by atoms with Crippen molar-refractivity contribution >= 4 is 39.5 Å². The van der Waals surface area contributed by atoms with E-state index in [1.54, 1.807) is 11.0 Å². The Morgan fingerprint density at radius 3 is 2.39 bits per heavy atom. The zero-order valence-electron chi connectivity index (χ0n) is 21.1. The Balaban J connectivity index is 1.21. The molecule has 0 spiro atoms. The molecule has 0 bridgehead atoms. The zero-order valence-corrected chi connectivity index (χ0v) is 21.1. The van der Waals surface area contributed by atoms with Crippen LogP contribution in [0.1, 0.15) is 38.9 Å². The molecular weight excluding hydrogens is 478 g/mol. The van der Waals surface area contributed by atoms with Gasteiger partial charge in [-0.2, -0.15) is 0 Å². The van der Waals surface area contributed by atoms with Gasteiger partial charge >= 0.3 is 0 Å². The lowest BCUT2D eigenvalue weighted by molar-refractivity contribution is -0.129. The molecule has 2 aromatic heterocycles. The van der Waals surface area contributed by atoms with Crippen molar-refractivity contribution in [1.82, 2.24) is 25.3 Å². The molecule has 3 amide bonds. The van der Waals surface area contributed by atoms with E-state index in [1.165, 1.54) is 0 Å². The number of fused-ring (bicyclic) bond motifs is 3. The van der Waals surface area contributed by atoms with Gasteiger partial charge in [-0.1, -0.05) is 54.6 Å². The number of H-pyrrole nitrogens is 1. The molecule has 190 valence electrons. The van der Waals surface area contributed by atoms with Gasteiger partial charge in [-0.05, 0) is 49.1 Å². The van der Waals surface area contributed by atoms with Crippen molar-refractivity contribution in [3.8, 4) is 0 Å². The molecule has 3 N–H and O–H groups in total. The number of hydrazine groups is 1. The van der Waals surface area contributed by atoms with Crippen LogP contribution in [-0.2, 0) is 16.1 Å². The topological polar surface area (TPSA) is 99.2 Å². The fraction of sp³-hybridized carbons (Fsp3) is 0.167. The number of carbonyl (C=O) groups excluding carboxylic acids is 3. The van der Waals surface area contributed by atoms with Gasteiger partial charge in [0.25, 0.3) is 17.7 Å². The number of aryl methyl sites for hydroxylation is 2. The fourth-order valence-corrected chi connectivity index (χ4v) is 5.57. The van der Waals surface area contributed by atoms with Gasteiger partial charge in [0, 0.05) is 38.9 Å². The van der Waals surface area contributed by atoms with Gasteiger partial charge in [0.1, 0.15) is 13.1 Å². The van der Waals surface area contributed by atoms with Gasteiger partial charge in [0.2, 0.25) is 0 Å². The van der Waals surface area contributed by atoms with E-state index >= 15 is 0 Å². The first kappa shape index (κ1) is 23.5. The van der Waals surface area contributed by atoms with E-state index in [2.05, 4.69) is 15.8 Å². The highest BCUT2D eigenvalue weighted by Gasteiger charge is 2.40. The molecule has 1 unspecified atom stereocenters. The van der Waals surface area contributed by atoms with E-state index in [9.17, 15) is 14.4 Å². The fourth-order valence-electron chi connectivity index (χ4n) is 5.57. The van der Waals surface area contributed by atoms with E-state index < -0.39 is 11.9 Å². The van der Waals surface area contributed by atoms with Crippen molar-refractivity contribution in [1.29, 1.82) is 0 Å². The summed E-state index contributed by atoms with van der Waals surface area (Å²) >= 11 is 0. The lowest BCUT2D eigenvalue weighted by Gasteiger charge is -2.25. The van der Waals surface area contributed by atoms with Crippen LogP contribution in [0.2, 0.25) is 0 Å². The van der Waals surface area contributed by atoms with Crippen LogP contribution in [0.3, 0.4) is 0 Å². The van der Waals surface area contributed by atoms with Gasteiger partial charge in [-0.3, -0.25) is 25.2 Å².